The number of hydrogen-bond acceptors (Lipinski definition) is 5. The van der Waals surface area contributed by atoms with Gasteiger partial charge in [-0.3, -0.25) is 9.69 Å². The predicted octanol–water partition coefficient (Wildman–Crippen LogP) is 3.76. The van der Waals surface area contributed by atoms with Gasteiger partial charge in [0.05, 0.1) is 17.1 Å². The third kappa shape index (κ3) is 6.14. The fourth-order valence-electron chi connectivity index (χ4n) is 3.02. The van der Waals surface area contributed by atoms with Crippen LogP contribution < -0.4 is 15.2 Å². The lowest BCUT2D eigenvalue weighted by atomic mass is 10.1. The van der Waals surface area contributed by atoms with E-state index in [0.717, 1.165) is 5.56 Å². The first-order chi connectivity index (χ1) is 14.7. The number of sulfonamides is 1. The molecule has 0 radical (unpaired) electrons. The summed E-state index contributed by atoms with van der Waals surface area (Å²) in [5.74, 6) is 1.04. The summed E-state index contributed by atoms with van der Waals surface area (Å²) in [5.41, 5.74) is 1.45. The van der Waals surface area contributed by atoms with E-state index in [2.05, 4.69) is 5.32 Å². The zero-order chi connectivity index (χ0) is 22.4. The van der Waals surface area contributed by atoms with Crippen LogP contribution in [0.1, 0.15) is 18.5 Å². The van der Waals surface area contributed by atoms with Crippen molar-refractivity contribution < 1.29 is 17.9 Å². The van der Waals surface area contributed by atoms with Crippen molar-refractivity contribution in [2.75, 3.05) is 18.9 Å². The molecule has 0 unspecified atom stereocenters. The Hall–Kier alpha value is -3.20. The molecule has 162 valence electrons. The van der Waals surface area contributed by atoms with E-state index in [-0.39, 0.29) is 23.4 Å². The van der Waals surface area contributed by atoms with E-state index in [9.17, 15) is 13.2 Å². The Bertz CT molecular complexity index is 1130. The first kappa shape index (κ1) is 22.5. The smallest absolute Gasteiger partial charge is 0.238 e. The van der Waals surface area contributed by atoms with Crippen molar-refractivity contribution in [3.63, 3.8) is 0 Å². The normalized spacial score (nSPS) is 12.4. The van der Waals surface area contributed by atoms with Gasteiger partial charge in [-0.05, 0) is 55.9 Å². The summed E-state index contributed by atoms with van der Waals surface area (Å²) in [6.45, 7) is 2.07. The number of primary sulfonamides is 1. The number of anilines is 1. The Balaban J connectivity index is 1.64. The molecule has 31 heavy (non-hydrogen) atoms. The molecule has 0 aliphatic heterocycles. The van der Waals surface area contributed by atoms with Crippen LogP contribution in [0.4, 0.5) is 5.69 Å². The highest BCUT2D eigenvalue weighted by molar-refractivity contribution is 7.89. The number of nitrogens with zero attached hydrogens (tertiary/aromatic N) is 1. The monoisotopic (exact) mass is 439 g/mol. The van der Waals surface area contributed by atoms with E-state index in [1.165, 1.54) is 12.1 Å². The summed E-state index contributed by atoms with van der Waals surface area (Å²) >= 11 is 0. The molecule has 1 amide bonds. The molecule has 3 N–H and O–H groups in total. The molecule has 8 heteroatoms. The second-order valence-corrected chi connectivity index (χ2v) is 8.73. The molecule has 0 heterocycles. The molecule has 3 aromatic rings. The average molecular weight is 440 g/mol. The van der Waals surface area contributed by atoms with Crippen molar-refractivity contribution in [3.8, 4) is 11.5 Å². The first-order valence-corrected chi connectivity index (χ1v) is 11.2. The van der Waals surface area contributed by atoms with Crippen LogP contribution in [0.5, 0.6) is 11.5 Å². The lowest BCUT2D eigenvalue weighted by Crippen LogP contribution is -2.32. The number of benzene rings is 3. The predicted molar refractivity (Wildman–Crippen MR) is 120 cm³/mol. The fraction of sp³-hybridized carbons (Fsp3) is 0.174. The van der Waals surface area contributed by atoms with Gasteiger partial charge >= 0.3 is 0 Å². The topological polar surface area (TPSA) is 102 Å². The van der Waals surface area contributed by atoms with Crippen molar-refractivity contribution in [1.29, 1.82) is 0 Å². The molecular formula is C23H25N3O4S. The number of hydrogen-bond donors (Lipinski definition) is 2. The van der Waals surface area contributed by atoms with Gasteiger partial charge in [0.15, 0.2) is 5.75 Å². The molecule has 0 bridgehead atoms. The van der Waals surface area contributed by atoms with Crippen LogP contribution >= 0.6 is 0 Å². The van der Waals surface area contributed by atoms with Crippen LogP contribution in [0.2, 0.25) is 0 Å². The highest BCUT2D eigenvalue weighted by atomic mass is 32.2. The van der Waals surface area contributed by atoms with E-state index >= 15 is 0 Å². The Kier molecular flexibility index (Phi) is 7.06. The number of nitrogens with two attached hydrogens (primary N) is 1. The van der Waals surface area contributed by atoms with Gasteiger partial charge in [-0.1, -0.05) is 42.5 Å². The molecule has 3 aromatic carbocycles. The van der Waals surface area contributed by atoms with E-state index in [0.29, 0.717) is 17.2 Å². The highest BCUT2D eigenvalue weighted by Gasteiger charge is 2.17. The molecule has 0 aromatic heterocycles. The van der Waals surface area contributed by atoms with E-state index in [1.807, 2.05) is 61.3 Å². The van der Waals surface area contributed by atoms with Gasteiger partial charge in [0.25, 0.3) is 0 Å². The van der Waals surface area contributed by atoms with E-state index in [4.69, 9.17) is 9.88 Å². The largest absolute Gasteiger partial charge is 0.455 e. The molecule has 0 saturated carbocycles. The van der Waals surface area contributed by atoms with Gasteiger partial charge in [-0.15, -0.1) is 0 Å². The minimum Gasteiger partial charge on any atom is -0.455 e. The number of carbonyl (C=O) groups excluding carboxylic acids is 1. The van der Waals surface area contributed by atoms with Gasteiger partial charge in [-0.2, -0.15) is 0 Å². The highest BCUT2D eigenvalue weighted by Crippen LogP contribution is 2.29. The standard InChI is InChI=1S/C23H25N3O4S/c1-17(18-12-14-20(15-13-18)31(24,28)29)26(2)16-23(27)25-21-10-6-7-11-22(21)30-19-8-4-3-5-9-19/h3-15,17H,16H2,1-2H3,(H,25,27)(H2,24,28,29)/t17-/m1/s1. The van der Waals surface area contributed by atoms with Gasteiger partial charge in [0.2, 0.25) is 15.9 Å². The molecule has 3 rings (SSSR count). The quantitative estimate of drug-likeness (QED) is 0.556. The summed E-state index contributed by atoms with van der Waals surface area (Å²) < 4.78 is 28.7. The zero-order valence-corrected chi connectivity index (χ0v) is 18.2. The number of likely N-dealkylation sites (N-methyl/N-ethyl adjacent to an activating group) is 1. The number of ether oxygens (including phenoxy) is 1. The first-order valence-electron chi connectivity index (χ1n) is 9.69. The van der Waals surface area contributed by atoms with Crippen molar-refractivity contribution in [1.82, 2.24) is 4.90 Å². The van der Waals surface area contributed by atoms with E-state index < -0.39 is 10.0 Å². The number of rotatable bonds is 8. The number of para-hydroxylation sites is 3. The lowest BCUT2D eigenvalue weighted by Gasteiger charge is -2.25. The second kappa shape index (κ2) is 9.74. The molecule has 7 nitrogen and oxygen atoms in total. The van der Waals surface area contributed by atoms with Crippen LogP contribution in [0.3, 0.4) is 0 Å². The summed E-state index contributed by atoms with van der Waals surface area (Å²) in [6, 6.07) is 22.8. The average Bonchev–Trinajstić information content (AvgIpc) is 2.74. The van der Waals surface area contributed by atoms with Crippen LogP contribution in [0, 0.1) is 0 Å². The van der Waals surface area contributed by atoms with Gasteiger partial charge < -0.3 is 10.1 Å². The van der Waals surface area contributed by atoms with Gasteiger partial charge in [-0.25, -0.2) is 13.6 Å². The number of amides is 1. The summed E-state index contributed by atoms with van der Waals surface area (Å²) in [6.07, 6.45) is 0. The molecule has 0 fully saturated rings. The molecule has 0 aliphatic carbocycles. The number of carbonyl (C=O) groups is 1. The van der Waals surface area contributed by atoms with Crippen LogP contribution in [0.25, 0.3) is 0 Å². The third-order valence-electron chi connectivity index (χ3n) is 4.88. The maximum Gasteiger partial charge on any atom is 0.238 e. The molecular weight excluding hydrogens is 414 g/mol. The van der Waals surface area contributed by atoms with E-state index in [1.54, 1.807) is 24.3 Å². The SMILES string of the molecule is C[C@H](c1ccc(S(N)(=O)=O)cc1)N(C)CC(=O)Nc1ccccc1Oc1ccccc1. The third-order valence-corrected chi connectivity index (χ3v) is 5.81. The summed E-state index contributed by atoms with van der Waals surface area (Å²) in [5, 5.41) is 8.04. The lowest BCUT2D eigenvalue weighted by molar-refractivity contribution is -0.117. The Morgan fingerprint density at radius 1 is 1.00 bits per heavy atom. The summed E-state index contributed by atoms with van der Waals surface area (Å²) in [4.78, 5) is 14.6. The minimum atomic E-state index is -3.74. The zero-order valence-electron chi connectivity index (χ0n) is 17.4. The van der Waals surface area contributed by atoms with Crippen molar-refractivity contribution >= 4 is 21.6 Å². The van der Waals surface area contributed by atoms with Crippen LogP contribution in [-0.4, -0.2) is 32.8 Å². The Morgan fingerprint density at radius 2 is 1.61 bits per heavy atom. The van der Waals surface area contributed by atoms with Crippen LogP contribution in [-0.2, 0) is 14.8 Å². The minimum absolute atomic E-state index is 0.0545. The maximum absolute atomic E-state index is 12.6. The summed E-state index contributed by atoms with van der Waals surface area (Å²) in [7, 11) is -1.91. The second-order valence-electron chi connectivity index (χ2n) is 7.16. The molecule has 1 atom stereocenters. The molecule has 0 aliphatic rings. The maximum atomic E-state index is 12.6. The van der Waals surface area contributed by atoms with Crippen molar-refractivity contribution in [2.45, 2.75) is 17.9 Å². The molecule has 0 saturated heterocycles. The van der Waals surface area contributed by atoms with Gasteiger partial charge in [0.1, 0.15) is 5.75 Å². The Morgan fingerprint density at radius 3 is 2.26 bits per heavy atom. The van der Waals surface area contributed by atoms with Crippen molar-refractivity contribution in [2.24, 2.45) is 5.14 Å². The molecule has 0 spiro atoms. The van der Waals surface area contributed by atoms with Crippen molar-refractivity contribution in [3.05, 3.63) is 84.4 Å². The van der Waals surface area contributed by atoms with Crippen LogP contribution in [0.15, 0.2) is 83.8 Å². The fourth-order valence-corrected chi connectivity index (χ4v) is 3.53. The van der Waals surface area contributed by atoms with Gasteiger partial charge in [0, 0.05) is 6.04 Å². The number of nitrogens with one attached hydrogen (secondary N) is 1. The Labute approximate surface area is 182 Å².